The minimum absolute atomic E-state index is 0.101. The van der Waals surface area contributed by atoms with Crippen molar-refractivity contribution in [1.29, 1.82) is 0 Å². The van der Waals surface area contributed by atoms with E-state index in [2.05, 4.69) is 10.3 Å². The SMILES string of the molecule is Cc1ccc(NC(=O)c2cnc(N)c(Cl)c2)c(F)c1. The zero-order valence-electron chi connectivity index (χ0n) is 10.1. The Kier molecular flexibility index (Phi) is 3.66. The second-order valence-corrected chi connectivity index (χ2v) is 4.44. The van der Waals surface area contributed by atoms with Crippen molar-refractivity contribution in [2.45, 2.75) is 6.92 Å². The number of amides is 1. The Balaban J connectivity index is 2.23. The van der Waals surface area contributed by atoms with E-state index < -0.39 is 11.7 Å². The number of benzene rings is 1. The van der Waals surface area contributed by atoms with Crippen LogP contribution < -0.4 is 11.1 Å². The molecule has 0 spiro atoms. The van der Waals surface area contributed by atoms with Crippen molar-refractivity contribution >= 4 is 29.0 Å². The molecular formula is C13H11ClFN3O. The number of aromatic nitrogens is 1. The molecule has 0 atom stereocenters. The molecule has 1 aromatic heterocycles. The molecule has 1 aromatic carbocycles. The van der Waals surface area contributed by atoms with Gasteiger partial charge in [0.2, 0.25) is 0 Å². The molecule has 0 bridgehead atoms. The molecule has 0 aliphatic rings. The number of nitrogens with zero attached hydrogens (tertiary/aromatic N) is 1. The van der Waals surface area contributed by atoms with Crippen molar-refractivity contribution in [3.63, 3.8) is 0 Å². The second kappa shape index (κ2) is 5.24. The Labute approximate surface area is 114 Å². The Morgan fingerprint density at radius 2 is 2.16 bits per heavy atom. The van der Waals surface area contributed by atoms with E-state index in [0.717, 1.165) is 5.56 Å². The van der Waals surface area contributed by atoms with E-state index in [9.17, 15) is 9.18 Å². The van der Waals surface area contributed by atoms with E-state index in [0.29, 0.717) is 0 Å². The summed E-state index contributed by atoms with van der Waals surface area (Å²) in [6.45, 7) is 1.76. The number of anilines is 2. The highest BCUT2D eigenvalue weighted by Gasteiger charge is 2.11. The van der Waals surface area contributed by atoms with Crippen LogP contribution in [-0.4, -0.2) is 10.9 Å². The first-order valence-electron chi connectivity index (χ1n) is 5.46. The monoisotopic (exact) mass is 279 g/mol. The van der Waals surface area contributed by atoms with Gasteiger partial charge in [-0.1, -0.05) is 17.7 Å². The Hall–Kier alpha value is -2.14. The number of nitrogens with one attached hydrogen (secondary N) is 1. The molecule has 2 aromatic rings. The van der Waals surface area contributed by atoms with E-state index >= 15 is 0 Å². The number of nitrogen functional groups attached to an aromatic ring is 1. The third-order valence-electron chi connectivity index (χ3n) is 2.50. The van der Waals surface area contributed by atoms with E-state index in [1.165, 1.54) is 24.4 Å². The molecule has 0 saturated heterocycles. The fourth-order valence-electron chi connectivity index (χ4n) is 1.49. The summed E-state index contributed by atoms with van der Waals surface area (Å²) in [5, 5.41) is 2.62. The summed E-state index contributed by atoms with van der Waals surface area (Å²) in [5.41, 5.74) is 6.53. The summed E-state index contributed by atoms with van der Waals surface area (Å²) >= 11 is 5.77. The van der Waals surface area contributed by atoms with Crippen molar-refractivity contribution in [1.82, 2.24) is 4.98 Å². The Morgan fingerprint density at radius 1 is 1.42 bits per heavy atom. The number of hydrogen-bond acceptors (Lipinski definition) is 3. The number of carbonyl (C=O) groups is 1. The summed E-state index contributed by atoms with van der Waals surface area (Å²) in [6.07, 6.45) is 1.28. The van der Waals surface area contributed by atoms with Crippen molar-refractivity contribution in [2.24, 2.45) is 0 Å². The molecule has 19 heavy (non-hydrogen) atoms. The van der Waals surface area contributed by atoms with Crippen molar-refractivity contribution < 1.29 is 9.18 Å². The molecule has 0 aliphatic carbocycles. The van der Waals surface area contributed by atoms with Crippen LogP contribution in [0.15, 0.2) is 30.5 Å². The fourth-order valence-corrected chi connectivity index (χ4v) is 1.65. The first kappa shape index (κ1) is 13.3. The van der Waals surface area contributed by atoms with Crippen molar-refractivity contribution in [2.75, 3.05) is 11.1 Å². The molecule has 0 fully saturated rings. The van der Waals surface area contributed by atoms with Gasteiger partial charge in [-0.05, 0) is 30.7 Å². The summed E-state index contributed by atoms with van der Waals surface area (Å²) < 4.78 is 13.6. The van der Waals surface area contributed by atoms with Crippen LogP contribution in [0.3, 0.4) is 0 Å². The molecule has 6 heteroatoms. The molecular weight excluding hydrogens is 269 g/mol. The van der Waals surface area contributed by atoms with Crippen LogP contribution >= 0.6 is 11.6 Å². The van der Waals surface area contributed by atoms with Crippen LogP contribution in [0.25, 0.3) is 0 Å². The second-order valence-electron chi connectivity index (χ2n) is 4.03. The van der Waals surface area contributed by atoms with Crippen LogP contribution in [-0.2, 0) is 0 Å². The largest absolute Gasteiger partial charge is 0.382 e. The van der Waals surface area contributed by atoms with Crippen molar-refractivity contribution in [3.05, 3.63) is 52.4 Å². The van der Waals surface area contributed by atoms with Gasteiger partial charge in [0.15, 0.2) is 0 Å². The normalized spacial score (nSPS) is 10.3. The highest BCUT2D eigenvalue weighted by atomic mass is 35.5. The number of rotatable bonds is 2. The number of halogens is 2. The molecule has 0 saturated carbocycles. The minimum Gasteiger partial charge on any atom is -0.382 e. The Bertz CT molecular complexity index is 646. The standard InChI is InChI=1S/C13H11ClFN3O/c1-7-2-3-11(10(15)4-7)18-13(19)8-5-9(14)12(16)17-6-8/h2-6H,1H3,(H2,16,17)(H,18,19). The van der Waals surface area contributed by atoms with E-state index in [1.54, 1.807) is 13.0 Å². The average Bonchev–Trinajstić information content (AvgIpc) is 2.36. The molecule has 4 nitrogen and oxygen atoms in total. The lowest BCUT2D eigenvalue weighted by Gasteiger charge is -2.07. The highest BCUT2D eigenvalue weighted by molar-refractivity contribution is 6.33. The predicted molar refractivity (Wildman–Crippen MR) is 72.7 cm³/mol. The first-order valence-corrected chi connectivity index (χ1v) is 5.83. The van der Waals surface area contributed by atoms with Gasteiger partial charge in [-0.2, -0.15) is 0 Å². The molecule has 1 amide bonds. The van der Waals surface area contributed by atoms with Gasteiger partial charge in [0.05, 0.1) is 16.3 Å². The quantitative estimate of drug-likeness (QED) is 0.888. The lowest BCUT2D eigenvalue weighted by atomic mass is 10.2. The highest BCUT2D eigenvalue weighted by Crippen LogP contribution is 2.19. The minimum atomic E-state index is -0.503. The van der Waals surface area contributed by atoms with Crippen LogP contribution in [0, 0.1) is 12.7 Å². The third-order valence-corrected chi connectivity index (χ3v) is 2.81. The van der Waals surface area contributed by atoms with Crippen LogP contribution in [0.1, 0.15) is 15.9 Å². The zero-order valence-corrected chi connectivity index (χ0v) is 10.8. The molecule has 1 heterocycles. The summed E-state index contributed by atoms with van der Waals surface area (Å²) in [4.78, 5) is 15.7. The van der Waals surface area contributed by atoms with Gasteiger partial charge in [0, 0.05) is 6.20 Å². The molecule has 3 N–H and O–H groups in total. The van der Waals surface area contributed by atoms with E-state index in [-0.39, 0.29) is 22.1 Å². The first-order chi connectivity index (χ1) is 8.97. The van der Waals surface area contributed by atoms with Gasteiger partial charge >= 0.3 is 0 Å². The number of aryl methyl sites for hydroxylation is 1. The maximum atomic E-state index is 13.6. The molecule has 98 valence electrons. The topological polar surface area (TPSA) is 68.0 Å². The smallest absolute Gasteiger partial charge is 0.257 e. The molecule has 0 aliphatic heterocycles. The van der Waals surface area contributed by atoms with Crippen molar-refractivity contribution in [3.8, 4) is 0 Å². The van der Waals surface area contributed by atoms with E-state index in [1.807, 2.05) is 0 Å². The van der Waals surface area contributed by atoms with Gasteiger partial charge in [0.1, 0.15) is 11.6 Å². The molecule has 2 rings (SSSR count). The number of nitrogens with two attached hydrogens (primary N) is 1. The lowest BCUT2D eigenvalue weighted by molar-refractivity contribution is 0.102. The number of hydrogen-bond donors (Lipinski definition) is 2. The Morgan fingerprint density at radius 3 is 2.79 bits per heavy atom. The number of carbonyl (C=O) groups excluding carboxylic acids is 1. The summed E-state index contributed by atoms with van der Waals surface area (Å²) in [7, 11) is 0. The van der Waals surface area contributed by atoms with Gasteiger partial charge in [-0.25, -0.2) is 9.37 Å². The van der Waals surface area contributed by atoms with Gasteiger partial charge < -0.3 is 11.1 Å². The molecule has 0 unspecified atom stereocenters. The number of pyridine rings is 1. The van der Waals surface area contributed by atoms with Crippen LogP contribution in [0.5, 0.6) is 0 Å². The zero-order chi connectivity index (χ0) is 14.0. The third kappa shape index (κ3) is 3.00. The summed E-state index contributed by atoms with van der Waals surface area (Å²) in [5.74, 6) is -0.861. The van der Waals surface area contributed by atoms with Gasteiger partial charge in [-0.3, -0.25) is 4.79 Å². The van der Waals surface area contributed by atoms with Crippen LogP contribution in [0.4, 0.5) is 15.9 Å². The lowest BCUT2D eigenvalue weighted by Crippen LogP contribution is -2.13. The molecule has 0 radical (unpaired) electrons. The van der Waals surface area contributed by atoms with Crippen LogP contribution in [0.2, 0.25) is 5.02 Å². The fraction of sp³-hybridized carbons (Fsp3) is 0.0769. The summed E-state index contributed by atoms with van der Waals surface area (Å²) in [6, 6.07) is 5.91. The van der Waals surface area contributed by atoms with Gasteiger partial charge in [-0.15, -0.1) is 0 Å². The predicted octanol–water partition coefficient (Wildman–Crippen LogP) is 3.02. The maximum Gasteiger partial charge on any atom is 0.257 e. The average molecular weight is 280 g/mol. The van der Waals surface area contributed by atoms with E-state index in [4.69, 9.17) is 17.3 Å². The maximum absolute atomic E-state index is 13.6. The van der Waals surface area contributed by atoms with Gasteiger partial charge in [0.25, 0.3) is 5.91 Å².